The smallest absolute Gasteiger partial charge is 0.291 e. The SMILES string of the molecule is CC(=O)c1c(C(C)C)ccnc1C(C)C.CC(=O)c1c(F)coc1F. The highest BCUT2D eigenvalue weighted by Crippen LogP contribution is 2.26. The molecule has 0 aliphatic heterocycles. The number of nitrogens with zero attached hydrogens (tertiary/aromatic N) is 1. The summed E-state index contributed by atoms with van der Waals surface area (Å²) in [4.78, 5) is 26.4. The molecule has 2 heterocycles. The van der Waals surface area contributed by atoms with E-state index in [-0.39, 0.29) is 5.78 Å². The van der Waals surface area contributed by atoms with Gasteiger partial charge in [-0.1, -0.05) is 27.7 Å². The van der Waals surface area contributed by atoms with Crippen LogP contribution in [-0.2, 0) is 0 Å². The zero-order valence-electron chi connectivity index (χ0n) is 15.3. The summed E-state index contributed by atoms with van der Waals surface area (Å²) in [6.07, 6.45) is 2.36. The Hall–Kier alpha value is -2.37. The van der Waals surface area contributed by atoms with Crippen LogP contribution >= 0.6 is 0 Å². The minimum absolute atomic E-state index is 0.121. The number of ketones is 2. The standard InChI is InChI=1S/C13H19NO.C6H4F2O2/c1-8(2)11-6-7-14-13(9(3)4)12(11)10(5)15;1-3(9)5-4(7)2-10-6(5)8/h6-9H,1-5H3;2H,1H3. The van der Waals surface area contributed by atoms with Gasteiger partial charge in [0.1, 0.15) is 11.8 Å². The zero-order valence-corrected chi connectivity index (χ0v) is 15.3. The van der Waals surface area contributed by atoms with Gasteiger partial charge in [-0.05, 0) is 37.3 Å². The third-order valence-corrected chi connectivity index (χ3v) is 3.59. The highest BCUT2D eigenvalue weighted by molar-refractivity contribution is 5.97. The van der Waals surface area contributed by atoms with Crippen LogP contribution < -0.4 is 0 Å². The fourth-order valence-corrected chi connectivity index (χ4v) is 2.42. The molecule has 0 amide bonds. The molecule has 0 atom stereocenters. The van der Waals surface area contributed by atoms with E-state index in [0.717, 1.165) is 23.7 Å². The maximum Gasteiger partial charge on any atom is 0.291 e. The molecule has 0 saturated heterocycles. The Morgan fingerprint density at radius 2 is 1.56 bits per heavy atom. The van der Waals surface area contributed by atoms with E-state index in [4.69, 9.17) is 0 Å². The summed E-state index contributed by atoms with van der Waals surface area (Å²) < 4.78 is 28.5. The fourth-order valence-electron chi connectivity index (χ4n) is 2.42. The van der Waals surface area contributed by atoms with Crippen LogP contribution in [0.25, 0.3) is 0 Å². The molecule has 25 heavy (non-hydrogen) atoms. The lowest BCUT2D eigenvalue weighted by Gasteiger charge is -2.16. The maximum atomic E-state index is 12.3. The lowest BCUT2D eigenvalue weighted by atomic mass is 9.91. The maximum absolute atomic E-state index is 12.3. The lowest BCUT2D eigenvalue weighted by Crippen LogP contribution is -2.09. The number of furan rings is 1. The van der Waals surface area contributed by atoms with E-state index < -0.39 is 23.2 Å². The number of Topliss-reactive ketones (excluding diaryl/α,β-unsaturated/α-hetero) is 2. The average molecular weight is 351 g/mol. The predicted octanol–water partition coefficient (Wildman–Crippen LogP) is 5.29. The summed E-state index contributed by atoms with van der Waals surface area (Å²) >= 11 is 0. The van der Waals surface area contributed by atoms with E-state index in [0.29, 0.717) is 18.1 Å². The number of aromatic nitrogens is 1. The van der Waals surface area contributed by atoms with Gasteiger partial charge in [-0.3, -0.25) is 14.6 Å². The summed E-state index contributed by atoms with van der Waals surface area (Å²) in [5.74, 6) is -0.851. The van der Waals surface area contributed by atoms with Gasteiger partial charge in [0.2, 0.25) is 0 Å². The van der Waals surface area contributed by atoms with Gasteiger partial charge in [-0.2, -0.15) is 4.39 Å². The second-order valence-electron chi connectivity index (χ2n) is 6.31. The molecule has 0 aromatic carbocycles. The summed E-state index contributed by atoms with van der Waals surface area (Å²) in [6, 6.07) is 0.790. The summed E-state index contributed by atoms with van der Waals surface area (Å²) in [5.41, 5.74) is 2.25. The fraction of sp³-hybridized carbons (Fsp3) is 0.421. The summed E-state index contributed by atoms with van der Waals surface area (Å²) in [5, 5.41) is 0. The van der Waals surface area contributed by atoms with Gasteiger partial charge < -0.3 is 4.42 Å². The molecule has 136 valence electrons. The van der Waals surface area contributed by atoms with Crippen molar-refractivity contribution in [1.82, 2.24) is 4.98 Å². The number of hydrogen-bond acceptors (Lipinski definition) is 4. The van der Waals surface area contributed by atoms with Crippen molar-refractivity contribution in [1.29, 1.82) is 0 Å². The molecule has 0 fully saturated rings. The first kappa shape index (κ1) is 20.7. The third-order valence-electron chi connectivity index (χ3n) is 3.59. The molecule has 0 saturated carbocycles. The minimum atomic E-state index is -1.16. The molecule has 2 aromatic heterocycles. The number of hydrogen-bond donors (Lipinski definition) is 0. The molecule has 2 rings (SSSR count). The number of halogens is 2. The van der Waals surface area contributed by atoms with Crippen molar-refractivity contribution in [3.8, 4) is 0 Å². The Labute approximate surface area is 146 Å². The predicted molar refractivity (Wildman–Crippen MR) is 91.0 cm³/mol. The number of pyridine rings is 1. The first-order valence-corrected chi connectivity index (χ1v) is 8.01. The Kier molecular flexibility index (Phi) is 7.15. The minimum Gasteiger partial charge on any atom is -0.436 e. The second kappa shape index (κ2) is 8.65. The van der Waals surface area contributed by atoms with Crippen LogP contribution in [0.4, 0.5) is 8.78 Å². The van der Waals surface area contributed by atoms with E-state index in [1.54, 1.807) is 13.1 Å². The molecule has 6 heteroatoms. The Morgan fingerprint density at radius 1 is 1.00 bits per heavy atom. The molecule has 0 unspecified atom stereocenters. The molecule has 0 aliphatic carbocycles. The molecule has 0 radical (unpaired) electrons. The highest BCUT2D eigenvalue weighted by atomic mass is 19.1. The van der Waals surface area contributed by atoms with Crippen molar-refractivity contribution < 1.29 is 22.8 Å². The second-order valence-corrected chi connectivity index (χ2v) is 6.31. The molecule has 0 bridgehead atoms. The molecule has 0 aliphatic rings. The van der Waals surface area contributed by atoms with Crippen molar-refractivity contribution in [2.45, 2.75) is 53.4 Å². The summed E-state index contributed by atoms with van der Waals surface area (Å²) in [7, 11) is 0. The van der Waals surface area contributed by atoms with Gasteiger partial charge in [0, 0.05) is 11.8 Å². The van der Waals surface area contributed by atoms with Crippen molar-refractivity contribution in [3.63, 3.8) is 0 Å². The Balaban J connectivity index is 0.000000271. The van der Waals surface area contributed by atoms with E-state index in [1.165, 1.54) is 0 Å². The lowest BCUT2D eigenvalue weighted by molar-refractivity contribution is 0.0997. The summed E-state index contributed by atoms with van der Waals surface area (Å²) in [6.45, 7) is 11.0. The first-order valence-electron chi connectivity index (χ1n) is 8.01. The monoisotopic (exact) mass is 351 g/mol. The largest absolute Gasteiger partial charge is 0.436 e. The Bertz CT molecular complexity index is 718. The topological polar surface area (TPSA) is 60.2 Å². The van der Waals surface area contributed by atoms with E-state index >= 15 is 0 Å². The molecular weight excluding hydrogens is 328 g/mol. The first-order chi connectivity index (χ1) is 11.6. The Morgan fingerprint density at radius 3 is 1.88 bits per heavy atom. The van der Waals surface area contributed by atoms with Crippen molar-refractivity contribution in [3.05, 3.63) is 52.7 Å². The van der Waals surface area contributed by atoms with Crippen LogP contribution in [0.3, 0.4) is 0 Å². The van der Waals surface area contributed by atoms with Gasteiger partial charge in [-0.25, -0.2) is 4.39 Å². The van der Waals surface area contributed by atoms with Gasteiger partial charge in [0.25, 0.3) is 6.01 Å². The number of rotatable bonds is 4. The zero-order chi connectivity index (χ0) is 19.3. The molecular formula is C19H23F2NO3. The van der Waals surface area contributed by atoms with Crippen LogP contribution in [0, 0.1) is 11.8 Å². The van der Waals surface area contributed by atoms with E-state index in [9.17, 15) is 18.4 Å². The quantitative estimate of drug-likeness (QED) is 0.702. The van der Waals surface area contributed by atoms with Crippen LogP contribution in [0.1, 0.15) is 85.4 Å². The highest BCUT2D eigenvalue weighted by Gasteiger charge is 2.18. The van der Waals surface area contributed by atoms with Gasteiger partial charge in [0.15, 0.2) is 17.4 Å². The molecule has 4 nitrogen and oxygen atoms in total. The van der Waals surface area contributed by atoms with Crippen LogP contribution in [-0.4, -0.2) is 16.6 Å². The average Bonchev–Trinajstić information content (AvgIpc) is 2.85. The van der Waals surface area contributed by atoms with Crippen LogP contribution in [0.5, 0.6) is 0 Å². The van der Waals surface area contributed by atoms with Crippen molar-refractivity contribution >= 4 is 11.6 Å². The van der Waals surface area contributed by atoms with Gasteiger partial charge in [0.05, 0.1) is 5.69 Å². The molecule has 0 spiro atoms. The van der Waals surface area contributed by atoms with Crippen molar-refractivity contribution in [2.75, 3.05) is 0 Å². The van der Waals surface area contributed by atoms with Gasteiger partial charge >= 0.3 is 0 Å². The molecule has 0 N–H and O–H groups in total. The van der Waals surface area contributed by atoms with Crippen molar-refractivity contribution in [2.24, 2.45) is 0 Å². The van der Waals surface area contributed by atoms with E-state index in [2.05, 4.69) is 37.1 Å². The normalized spacial score (nSPS) is 10.6. The van der Waals surface area contributed by atoms with Gasteiger partial charge in [-0.15, -0.1) is 0 Å². The molecule has 2 aromatic rings. The van der Waals surface area contributed by atoms with E-state index in [1.807, 2.05) is 6.07 Å². The number of carbonyl (C=O) groups excluding carboxylic acids is 2. The van der Waals surface area contributed by atoms with Crippen LogP contribution in [0.2, 0.25) is 0 Å². The number of carbonyl (C=O) groups is 2. The third kappa shape index (κ3) is 5.05. The van der Waals surface area contributed by atoms with Crippen LogP contribution in [0.15, 0.2) is 22.9 Å².